The van der Waals surface area contributed by atoms with Gasteiger partial charge in [-0.3, -0.25) is 0 Å². The maximum atomic E-state index is 5.14. The molecule has 9 aromatic rings. The van der Waals surface area contributed by atoms with Gasteiger partial charge >= 0.3 is 6.69 Å². The van der Waals surface area contributed by atoms with Gasteiger partial charge in [-0.15, -0.1) is 0 Å². The van der Waals surface area contributed by atoms with Crippen molar-refractivity contribution in [1.82, 2.24) is 23.4 Å². The van der Waals surface area contributed by atoms with Crippen molar-refractivity contribution in [3.05, 3.63) is 128 Å². The number of nitrogens with zero attached hydrogens (tertiary/aromatic N) is 6. The second-order valence-corrected chi connectivity index (χ2v) is 11.6. The van der Waals surface area contributed by atoms with Gasteiger partial charge in [-0.2, -0.15) is 0 Å². The van der Waals surface area contributed by atoms with Crippen molar-refractivity contribution >= 4 is 61.1 Å². The Bertz CT molecular complexity index is 2650. The van der Waals surface area contributed by atoms with Gasteiger partial charge in [0.15, 0.2) is 0 Å². The lowest BCUT2D eigenvalue weighted by Crippen LogP contribution is -2.81. The fourth-order valence-electron chi connectivity index (χ4n) is 8.45. The number of imidazole rings is 1. The van der Waals surface area contributed by atoms with Crippen LogP contribution in [0.15, 0.2) is 128 Å². The average Bonchev–Trinajstić information content (AvgIpc) is 3.79. The zero-order chi connectivity index (χ0) is 27.2. The summed E-state index contributed by atoms with van der Waals surface area (Å²) in [7, 11) is 0. The van der Waals surface area contributed by atoms with Crippen LogP contribution in [0.25, 0.3) is 77.0 Å². The van der Waals surface area contributed by atoms with Crippen molar-refractivity contribution in [2.45, 2.75) is 0 Å². The van der Waals surface area contributed by atoms with Gasteiger partial charge in [0.1, 0.15) is 6.20 Å². The molecule has 0 spiro atoms. The molecule has 194 valence electrons. The van der Waals surface area contributed by atoms with E-state index in [1.165, 1.54) is 59.9 Å². The summed E-state index contributed by atoms with van der Waals surface area (Å²) in [6.07, 6.45) is 7.97. The summed E-state index contributed by atoms with van der Waals surface area (Å²) in [5.74, 6) is 0.965. The first-order chi connectivity index (χ1) is 20.9. The zero-order valence-electron chi connectivity index (χ0n) is 22.4. The third-order valence-electron chi connectivity index (χ3n) is 9.84. The number of para-hydroxylation sites is 3. The van der Waals surface area contributed by atoms with E-state index >= 15 is 0 Å². The highest BCUT2D eigenvalue weighted by Crippen LogP contribution is 2.47. The summed E-state index contributed by atoms with van der Waals surface area (Å²) >= 11 is 0. The quantitative estimate of drug-likeness (QED) is 0.216. The predicted molar refractivity (Wildman–Crippen MR) is 168 cm³/mol. The van der Waals surface area contributed by atoms with Crippen LogP contribution in [0, 0.1) is 0 Å². The molecule has 0 fully saturated rings. The lowest BCUT2D eigenvalue weighted by Gasteiger charge is -2.49. The van der Waals surface area contributed by atoms with Crippen LogP contribution in [0.2, 0.25) is 0 Å². The van der Waals surface area contributed by atoms with E-state index < -0.39 is 6.69 Å². The van der Waals surface area contributed by atoms with E-state index in [0.29, 0.717) is 0 Å². The Morgan fingerprint density at radius 3 is 2.26 bits per heavy atom. The molecule has 2 aliphatic heterocycles. The topological polar surface area (TPSA) is 44.5 Å². The van der Waals surface area contributed by atoms with E-state index in [0.717, 1.165) is 17.1 Å². The Morgan fingerprint density at radius 1 is 0.595 bits per heavy atom. The number of rotatable bonds is 1. The third kappa shape index (κ3) is 2.11. The molecule has 7 heteroatoms. The molecule has 11 rings (SSSR count). The molecule has 0 saturated carbocycles. The molecule has 2 aliphatic rings. The normalized spacial score (nSPS) is 16.7. The van der Waals surface area contributed by atoms with Crippen molar-refractivity contribution in [1.29, 1.82) is 0 Å². The molecule has 42 heavy (non-hydrogen) atoms. The second-order valence-electron chi connectivity index (χ2n) is 11.6. The molecule has 0 aliphatic carbocycles. The zero-order valence-corrected chi connectivity index (χ0v) is 22.4. The number of aromatic nitrogens is 6. The number of hydrogen-bond donors (Lipinski definition) is 0. The van der Waals surface area contributed by atoms with Gasteiger partial charge in [0.05, 0.1) is 17.6 Å². The fourth-order valence-corrected chi connectivity index (χ4v) is 8.45. The summed E-state index contributed by atoms with van der Waals surface area (Å²) in [4.78, 5) is 9.80. The number of benzene rings is 5. The monoisotopic (exact) mass is 536 g/mol. The highest BCUT2D eigenvalue weighted by molar-refractivity contribution is 6.72. The van der Waals surface area contributed by atoms with Crippen molar-refractivity contribution in [3.8, 4) is 22.6 Å². The van der Waals surface area contributed by atoms with Crippen molar-refractivity contribution in [3.63, 3.8) is 0 Å². The molecule has 1 atom stereocenters. The molecule has 0 radical (unpaired) electrons. The van der Waals surface area contributed by atoms with Crippen LogP contribution in [0.3, 0.4) is 0 Å². The van der Waals surface area contributed by atoms with Gasteiger partial charge in [-0.05, 0) is 41.2 Å². The first kappa shape index (κ1) is 21.1. The van der Waals surface area contributed by atoms with Crippen LogP contribution in [0.1, 0.15) is 0 Å². The average molecular weight is 536 g/mol. The molecule has 0 amide bonds. The molecule has 0 N–H and O–H groups in total. The minimum absolute atomic E-state index is 0.965. The summed E-state index contributed by atoms with van der Waals surface area (Å²) in [6.45, 7) is -1.95. The largest absolute Gasteiger partial charge is 0.506 e. The van der Waals surface area contributed by atoms with E-state index in [2.05, 4.69) is 132 Å². The Kier molecular flexibility index (Phi) is 3.50. The standard InChI is InChI=1S/C35H21BN6/c1-2-8-23-22(7-1)15-16-31-32(23)27-12-6-13-28-34(27)41(31)36(39-20-19-37-21-39)40-29-14-4-3-9-24(29)25-10-5-11-26(33(25)40)30-17-18-38-35(28)42(30)36/h1-21H. The van der Waals surface area contributed by atoms with Crippen LogP contribution in [-0.4, -0.2) is 30.1 Å². The molecule has 6 nitrogen and oxygen atoms in total. The van der Waals surface area contributed by atoms with Gasteiger partial charge in [0, 0.05) is 61.4 Å². The van der Waals surface area contributed by atoms with Gasteiger partial charge < -0.3 is 17.9 Å². The highest BCUT2D eigenvalue weighted by Gasteiger charge is 2.53. The summed E-state index contributed by atoms with van der Waals surface area (Å²) < 4.78 is 10.0. The first-order valence-electron chi connectivity index (χ1n) is 14.4. The molecule has 4 aromatic heterocycles. The Hall–Kier alpha value is -5.69. The minimum Gasteiger partial charge on any atom is -0.435 e. The summed E-state index contributed by atoms with van der Waals surface area (Å²) in [5.41, 5.74) is 8.33. The predicted octanol–water partition coefficient (Wildman–Crippen LogP) is 6.82. The Balaban J connectivity index is 1.53. The Labute approximate surface area is 239 Å². The smallest absolute Gasteiger partial charge is 0.435 e. The van der Waals surface area contributed by atoms with Gasteiger partial charge in [0.25, 0.3) is 5.82 Å². The van der Waals surface area contributed by atoms with E-state index in [9.17, 15) is 0 Å². The second kappa shape index (κ2) is 6.96. The van der Waals surface area contributed by atoms with Crippen LogP contribution >= 0.6 is 0 Å². The lowest BCUT2D eigenvalue weighted by molar-refractivity contribution is -0.536. The Morgan fingerprint density at radius 2 is 1.36 bits per heavy atom. The van der Waals surface area contributed by atoms with E-state index in [-0.39, 0.29) is 0 Å². The van der Waals surface area contributed by atoms with Crippen molar-refractivity contribution < 1.29 is 4.48 Å². The molecule has 0 saturated heterocycles. The third-order valence-corrected chi connectivity index (χ3v) is 9.84. The SMILES string of the molecule is c1ccc2c(c1)ccc1c2c2cccc3c2n1[B-]1(n2ccnc2)n2c4ccccc4c4cccc(c42)-c2ccnc-3[n+]21. The molecular weight excluding hydrogens is 515 g/mol. The maximum absolute atomic E-state index is 5.14. The van der Waals surface area contributed by atoms with Gasteiger partial charge in [0.2, 0.25) is 0 Å². The molecule has 1 unspecified atom stereocenters. The fraction of sp³-hybridized carbons (Fsp3) is 0. The summed E-state index contributed by atoms with van der Waals surface area (Å²) in [5, 5.41) is 7.51. The van der Waals surface area contributed by atoms with Gasteiger partial charge in [-0.1, -0.05) is 77.8 Å². The number of fused-ring (bicyclic) bond motifs is 12. The minimum atomic E-state index is -1.95. The van der Waals surface area contributed by atoms with Crippen LogP contribution < -0.4 is 4.48 Å². The molecule has 0 bridgehead atoms. The van der Waals surface area contributed by atoms with E-state index in [1.54, 1.807) is 0 Å². The molecule has 5 aromatic carbocycles. The first-order valence-corrected chi connectivity index (χ1v) is 14.4. The summed E-state index contributed by atoms with van der Waals surface area (Å²) in [6, 6.07) is 37.7. The van der Waals surface area contributed by atoms with Crippen LogP contribution in [0.4, 0.5) is 0 Å². The maximum Gasteiger partial charge on any atom is 0.506 e. The van der Waals surface area contributed by atoms with Gasteiger partial charge in [-0.25, -0.2) is 4.98 Å². The number of hydrogen-bond acceptors (Lipinski definition) is 2. The van der Waals surface area contributed by atoms with Crippen molar-refractivity contribution in [2.24, 2.45) is 0 Å². The lowest BCUT2D eigenvalue weighted by atomic mass is 9.66. The highest BCUT2D eigenvalue weighted by atomic mass is 15.4. The van der Waals surface area contributed by atoms with Crippen LogP contribution in [0.5, 0.6) is 0 Å². The van der Waals surface area contributed by atoms with Crippen molar-refractivity contribution in [2.75, 3.05) is 0 Å². The molecule has 6 heterocycles. The molecular formula is C35H21BN6. The van der Waals surface area contributed by atoms with E-state index in [4.69, 9.17) is 4.98 Å². The van der Waals surface area contributed by atoms with Crippen LogP contribution in [-0.2, 0) is 0 Å². The van der Waals surface area contributed by atoms with E-state index in [1.807, 2.05) is 18.7 Å².